The highest BCUT2D eigenvalue weighted by Crippen LogP contribution is 2.52. The molecule has 0 fully saturated rings. The third-order valence-electron chi connectivity index (χ3n) is 8.59. The minimum atomic E-state index is 0.0659. The largest absolute Gasteiger partial charge is 0.437 e. The lowest BCUT2D eigenvalue weighted by molar-refractivity contribution is -0.661. The molecule has 1 aliphatic carbocycles. The summed E-state index contributed by atoms with van der Waals surface area (Å²) in [5.74, 6) is 0.465. The molecule has 0 atom stereocenters. The Hall–Kier alpha value is -3.20. The standard InChI is InChI=1S/C33H37N2O/c1-19(2)24-18-35(8)29(28-27(24)32(4,5)15-16-33(28,6)7)26-20(3)13-14-22-23-17-21-11-9-10-12-25(21)34-31(23)36-30(22)26/h9-14,17-19H,15-16H2,1-8H3/q+1. The van der Waals surface area contributed by atoms with Crippen molar-refractivity contribution in [3.05, 3.63) is 70.9 Å². The van der Waals surface area contributed by atoms with E-state index >= 15 is 0 Å². The SMILES string of the molecule is Cc1ccc2c(oc3nc4ccccc4cc32)c1-c1c2c(c(C(C)C)c[n+]1C)C(C)(C)CCC2(C)C. The first-order valence-corrected chi connectivity index (χ1v) is 13.3. The summed E-state index contributed by atoms with van der Waals surface area (Å²) >= 11 is 0. The average molecular weight is 478 g/mol. The van der Waals surface area contributed by atoms with Crippen molar-refractivity contribution in [2.45, 2.75) is 78.1 Å². The molecule has 0 saturated heterocycles. The molecule has 0 unspecified atom stereocenters. The van der Waals surface area contributed by atoms with E-state index in [4.69, 9.17) is 9.40 Å². The van der Waals surface area contributed by atoms with Crippen molar-refractivity contribution in [1.29, 1.82) is 0 Å². The Bertz CT molecular complexity index is 1680. The third kappa shape index (κ3) is 3.25. The summed E-state index contributed by atoms with van der Waals surface area (Å²) in [6.07, 6.45) is 4.75. The smallest absolute Gasteiger partial charge is 0.227 e. The molecule has 2 aromatic carbocycles. The molecule has 36 heavy (non-hydrogen) atoms. The van der Waals surface area contributed by atoms with Gasteiger partial charge in [0.25, 0.3) is 0 Å². The van der Waals surface area contributed by atoms with E-state index in [2.05, 4.69) is 103 Å². The number of aryl methyl sites for hydroxylation is 2. The van der Waals surface area contributed by atoms with E-state index in [1.54, 1.807) is 5.56 Å². The van der Waals surface area contributed by atoms with Crippen molar-refractivity contribution in [3.8, 4) is 11.3 Å². The molecule has 3 heterocycles. The highest BCUT2D eigenvalue weighted by molar-refractivity contribution is 6.11. The number of hydrogen-bond donors (Lipinski definition) is 0. The van der Waals surface area contributed by atoms with E-state index in [1.807, 2.05) is 6.07 Å². The Balaban J connectivity index is 1.78. The average Bonchev–Trinajstić information content (AvgIpc) is 3.17. The first-order chi connectivity index (χ1) is 17.0. The Labute approximate surface area is 214 Å². The summed E-state index contributed by atoms with van der Waals surface area (Å²) in [5, 5.41) is 3.36. The van der Waals surface area contributed by atoms with Crippen LogP contribution in [0.1, 0.15) is 82.6 Å². The molecule has 0 spiro atoms. The molecule has 1 aliphatic rings. The number of benzene rings is 2. The highest BCUT2D eigenvalue weighted by atomic mass is 16.3. The number of pyridine rings is 2. The predicted octanol–water partition coefficient (Wildman–Crippen LogP) is 8.41. The molecule has 0 aliphatic heterocycles. The summed E-state index contributed by atoms with van der Waals surface area (Å²) in [4.78, 5) is 4.90. The van der Waals surface area contributed by atoms with Gasteiger partial charge in [-0.25, -0.2) is 9.55 Å². The maximum atomic E-state index is 6.65. The van der Waals surface area contributed by atoms with Gasteiger partial charge >= 0.3 is 0 Å². The van der Waals surface area contributed by atoms with Crippen LogP contribution in [0.4, 0.5) is 0 Å². The van der Waals surface area contributed by atoms with E-state index in [-0.39, 0.29) is 10.8 Å². The number of fused-ring (bicyclic) bond motifs is 5. The molecule has 6 rings (SSSR count). The van der Waals surface area contributed by atoms with Crippen LogP contribution in [0.25, 0.3) is 44.2 Å². The molecule has 0 amide bonds. The molecular weight excluding hydrogens is 440 g/mol. The van der Waals surface area contributed by atoms with Crippen molar-refractivity contribution in [3.63, 3.8) is 0 Å². The molecular formula is C33H37N2O+. The maximum Gasteiger partial charge on any atom is 0.227 e. The van der Waals surface area contributed by atoms with Crippen molar-refractivity contribution >= 4 is 33.0 Å². The first kappa shape index (κ1) is 23.2. The van der Waals surface area contributed by atoms with Crippen LogP contribution in [0, 0.1) is 6.92 Å². The van der Waals surface area contributed by atoms with Gasteiger partial charge in [0.05, 0.1) is 11.1 Å². The van der Waals surface area contributed by atoms with Gasteiger partial charge in [0.2, 0.25) is 11.4 Å². The van der Waals surface area contributed by atoms with Crippen molar-refractivity contribution < 1.29 is 8.98 Å². The van der Waals surface area contributed by atoms with Gasteiger partial charge in [-0.2, -0.15) is 0 Å². The number of hydrogen-bond acceptors (Lipinski definition) is 2. The van der Waals surface area contributed by atoms with E-state index in [0.717, 1.165) is 27.3 Å². The second kappa shape index (κ2) is 7.65. The lowest BCUT2D eigenvalue weighted by Crippen LogP contribution is -2.43. The zero-order chi connectivity index (χ0) is 25.6. The van der Waals surface area contributed by atoms with Crippen LogP contribution in [0.2, 0.25) is 0 Å². The second-order valence-corrected chi connectivity index (χ2v) is 12.5. The number of nitrogens with zero attached hydrogens (tertiary/aromatic N) is 2. The van der Waals surface area contributed by atoms with Crippen molar-refractivity contribution in [1.82, 2.24) is 4.98 Å². The van der Waals surface area contributed by atoms with Gasteiger partial charge in [0.15, 0.2) is 11.8 Å². The van der Waals surface area contributed by atoms with Gasteiger partial charge in [-0.15, -0.1) is 0 Å². The second-order valence-electron chi connectivity index (χ2n) is 12.5. The summed E-state index contributed by atoms with van der Waals surface area (Å²) in [6, 6.07) is 15.0. The van der Waals surface area contributed by atoms with Crippen LogP contribution in [0.5, 0.6) is 0 Å². The van der Waals surface area contributed by atoms with Crippen LogP contribution in [0.15, 0.2) is 53.1 Å². The van der Waals surface area contributed by atoms with Crippen LogP contribution < -0.4 is 4.57 Å². The first-order valence-electron chi connectivity index (χ1n) is 13.3. The Morgan fingerprint density at radius 2 is 1.61 bits per heavy atom. The lowest BCUT2D eigenvalue weighted by atomic mass is 9.60. The zero-order valence-corrected chi connectivity index (χ0v) is 22.9. The topological polar surface area (TPSA) is 29.9 Å². The zero-order valence-electron chi connectivity index (χ0n) is 22.9. The fourth-order valence-corrected chi connectivity index (χ4v) is 6.54. The molecule has 0 radical (unpaired) electrons. The number of rotatable bonds is 2. The molecule has 0 N–H and O–H groups in total. The Morgan fingerprint density at radius 3 is 2.33 bits per heavy atom. The van der Waals surface area contributed by atoms with Crippen molar-refractivity contribution in [2.24, 2.45) is 7.05 Å². The highest BCUT2D eigenvalue weighted by Gasteiger charge is 2.45. The maximum absolute atomic E-state index is 6.65. The summed E-state index contributed by atoms with van der Waals surface area (Å²) in [6.45, 7) is 16.6. The Morgan fingerprint density at radius 1 is 0.917 bits per heavy atom. The molecule has 3 nitrogen and oxygen atoms in total. The molecule has 0 saturated carbocycles. The molecule has 5 aromatic rings. The lowest BCUT2D eigenvalue weighted by Gasteiger charge is -2.43. The fraction of sp³-hybridized carbons (Fsp3) is 0.394. The number of para-hydroxylation sites is 1. The van der Waals surface area contributed by atoms with Crippen molar-refractivity contribution in [2.75, 3.05) is 0 Å². The summed E-state index contributed by atoms with van der Waals surface area (Å²) in [7, 11) is 2.21. The van der Waals surface area contributed by atoms with Gasteiger partial charge < -0.3 is 4.42 Å². The third-order valence-corrected chi connectivity index (χ3v) is 8.59. The monoisotopic (exact) mass is 477 g/mol. The molecule has 3 heteroatoms. The predicted molar refractivity (Wildman–Crippen MR) is 150 cm³/mol. The molecule has 0 bridgehead atoms. The Kier molecular flexibility index (Phi) is 4.93. The number of aromatic nitrogens is 2. The van der Waals surface area contributed by atoms with Gasteiger partial charge in [0.1, 0.15) is 7.05 Å². The quantitative estimate of drug-likeness (QED) is 0.239. The van der Waals surface area contributed by atoms with Gasteiger partial charge in [-0.3, -0.25) is 0 Å². The van der Waals surface area contributed by atoms with E-state index in [1.165, 1.54) is 40.8 Å². The minimum absolute atomic E-state index is 0.0659. The van der Waals surface area contributed by atoms with Crippen LogP contribution >= 0.6 is 0 Å². The van der Waals surface area contributed by atoms with Gasteiger partial charge in [-0.05, 0) is 59.8 Å². The normalized spacial score (nSPS) is 16.8. The van der Waals surface area contributed by atoms with E-state index in [0.29, 0.717) is 11.6 Å². The van der Waals surface area contributed by atoms with E-state index < -0.39 is 0 Å². The van der Waals surface area contributed by atoms with Crippen LogP contribution in [-0.2, 0) is 17.9 Å². The van der Waals surface area contributed by atoms with Gasteiger partial charge in [0, 0.05) is 27.3 Å². The summed E-state index contributed by atoms with van der Waals surface area (Å²) in [5.41, 5.74) is 11.0. The molecule has 184 valence electrons. The number of furan rings is 1. The summed E-state index contributed by atoms with van der Waals surface area (Å²) < 4.78 is 9.02. The van der Waals surface area contributed by atoms with E-state index in [9.17, 15) is 0 Å². The fourth-order valence-electron chi connectivity index (χ4n) is 6.54. The van der Waals surface area contributed by atoms with Gasteiger partial charge in [-0.1, -0.05) is 71.9 Å². The molecule has 3 aromatic heterocycles. The minimum Gasteiger partial charge on any atom is -0.437 e. The van der Waals surface area contributed by atoms with Crippen LogP contribution in [-0.4, -0.2) is 4.98 Å². The van der Waals surface area contributed by atoms with Crippen LogP contribution in [0.3, 0.4) is 0 Å².